The van der Waals surface area contributed by atoms with Gasteiger partial charge in [-0.15, -0.1) is 24.0 Å². The van der Waals surface area contributed by atoms with Crippen molar-refractivity contribution in [3.8, 4) is 11.5 Å². The number of guanidine groups is 1. The third-order valence-corrected chi connectivity index (χ3v) is 4.16. The van der Waals surface area contributed by atoms with E-state index in [4.69, 9.17) is 9.47 Å². The number of methoxy groups -OCH3 is 2. The Labute approximate surface area is 189 Å². The van der Waals surface area contributed by atoms with Crippen LogP contribution in [0.4, 0.5) is 5.69 Å². The summed E-state index contributed by atoms with van der Waals surface area (Å²) < 4.78 is 10.6. The predicted molar refractivity (Wildman–Crippen MR) is 128 cm³/mol. The van der Waals surface area contributed by atoms with Gasteiger partial charge >= 0.3 is 0 Å². The number of carbonyl (C=O) groups excluding carboxylic acids is 1. The molecule has 0 heterocycles. The first kappa shape index (κ1) is 24.5. The summed E-state index contributed by atoms with van der Waals surface area (Å²) in [6.07, 6.45) is 0.765. The molecule has 1 amide bonds. The van der Waals surface area contributed by atoms with Gasteiger partial charge in [0.05, 0.1) is 14.2 Å². The van der Waals surface area contributed by atoms with Crippen LogP contribution in [0.3, 0.4) is 0 Å². The number of amides is 1. The van der Waals surface area contributed by atoms with Gasteiger partial charge in [0.15, 0.2) is 17.5 Å². The smallest absolute Gasteiger partial charge is 0.253 e. The van der Waals surface area contributed by atoms with Crippen LogP contribution < -0.4 is 20.1 Å². The summed E-state index contributed by atoms with van der Waals surface area (Å²) in [6.45, 7) is 0.673. The van der Waals surface area contributed by atoms with E-state index >= 15 is 0 Å². The van der Waals surface area contributed by atoms with Gasteiger partial charge in [-0.05, 0) is 36.2 Å². The Morgan fingerprint density at radius 3 is 2.41 bits per heavy atom. The Balaban J connectivity index is 0.00000420. The highest BCUT2D eigenvalue weighted by Gasteiger charge is 2.09. The number of hydrogen-bond acceptors (Lipinski definition) is 4. The molecule has 2 aromatic rings. The lowest BCUT2D eigenvalue weighted by atomic mass is 10.1. The van der Waals surface area contributed by atoms with Crippen LogP contribution in [0.1, 0.15) is 15.9 Å². The first-order chi connectivity index (χ1) is 13.5. The van der Waals surface area contributed by atoms with Gasteiger partial charge in [-0.1, -0.05) is 12.1 Å². The van der Waals surface area contributed by atoms with E-state index in [1.165, 1.54) is 0 Å². The Hall–Kier alpha value is -2.49. The van der Waals surface area contributed by atoms with Crippen LogP contribution in [0.15, 0.2) is 47.5 Å². The van der Waals surface area contributed by atoms with Crippen LogP contribution in [0.5, 0.6) is 11.5 Å². The first-order valence-corrected chi connectivity index (χ1v) is 8.98. The van der Waals surface area contributed by atoms with Gasteiger partial charge < -0.3 is 25.0 Å². The lowest BCUT2D eigenvalue weighted by Gasteiger charge is -2.14. The van der Waals surface area contributed by atoms with Crippen molar-refractivity contribution in [2.75, 3.05) is 47.2 Å². The number of anilines is 1. The minimum atomic E-state index is 0. The summed E-state index contributed by atoms with van der Waals surface area (Å²) in [5.74, 6) is 1.96. The molecule has 0 bridgehead atoms. The number of carbonyl (C=O) groups is 1. The number of benzene rings is 2. The largest absolute Gasteiger partial charge is 0.493 e. The third kappa shape index (κ3) is 7.12. The molecule has 0 radical (unpaired) electrons. The summed E-state index contributed by atoms with van der Waals surface area (Å²) >= 11 is 0. The van der Waals surface area contributed by atoms with Crippen molar-refractivity contribution < 1.29 is 14.3 Å². The Kier molecular flexibility index (Phi) is 10.3. The number of nitrogens with one attached hydrogen (secondary N) is 2. The SMILES string of the molecule is CN=C(NCCc1cccc(C(=O)N(C)C)c1)Nc1ccc(OC)c(OC)c1.I. The quantitative estimate of drug-likeness (QED) is 0.339. The molecule has 0 fully saturated rings. The highest BCUT2D eigenvalue weighted by atomic mass is 127. The average Bonchev–Trinajstić information content (AvgIpc) is 2.72. The summed E-state index contributed by atoms with van der Waals surface area (Å²) in [7, 11) is 8.42. The number of rotatable bonds is 7. The molecule has 2 N–H and O–H groups in total. The Morgan fingerprint density at radius 1 is 1.07 bits per heavy atom. The topological polar surface area (TPSA) is 75.2 Å². The van der Waals surface area contributed by atoms with Crippen LogP contribution in [0, 0.1) is 0 Å². The molecule has 0 aliphatic heterocycles. The second-order valence-corrected chi connectivity index (χ2v) is 6.34. The van der Waals surface area contributed by atoms with E-state index in [9.17, 15) is 4.79 Å². The normalized spacial score (nSPS) is 10.6. The highest BCUT2D eigenvalue weighted by Crippen LogP contribution is 2.29. The summed E-state index contributed by atoms with van der Waals surface area (Å²) in [5.41, 5.74) is 2.61. The van der Waals surface area contributed by atoms with E-state index in [2.05, 4.69) is 15.6 Å². The monoisotopic (exact) mass is 512 g/mol. The molecule has 0 aliphatic carbocycles. The van der Waals surface area contributed by atoms with Gasteiger partial charge in [-0.25, -0.2) is 0 Å². The van der Waals surface area contributed by atoms with Gasteiger partial charge in [-0.3, -0.25) is 9.79 Å². The van der Waals surface area contributed by atoms with Crippen molar-refractivity contribution in [3.63, 3.8) is 0 Å². The molecular formula is C21H29IN4O3. The second kappa shape index (κ2) is 12.2. The molecule has 0 unspecified atom stereocenters. The van der Waals surface area contributed by atoms with Gasteiger partial charge in [-0.2, -0.15) is 0 Å². The predicted octanol–water partition coefficient (Wildman–Crippen LogP) is 3.25. The molecule has 29 heavy (non-hydrogen) atoms. The third-order valence-electron chi connectivity index (χ3n) is 4.16. The van der Waals surface area contributed by atoms with Crippen molar-refractivity contribution >= 4 is 41.5 Å². The fourth-order valence-electron chi connectivity index (χ4n) is 2.67. The zero-order valence-corrected chi connectivity index (χ0v) is 19.8. The average molecular weight is 512 g/mol. The summed E-state index contributed by atoms with van der Waals surface area (Å²) in [6, 6.07) is 13.3. The van der Waals surface area contributed by atoms with Crippen molar-refractivity contribution in [1.29, 1.82) is 0 Å². The highest BCUT2D eigenvalue weighted by molar-refractivity contribution is 14.0. The lowest BCUT2D eigenvalue weighted by Crippen LogP contribution is -2.32. The molecule has 0 aliphatic rings. The van der Waals surface area contributed by atoms with Crippen LogP contribution in [0.25, 0.3) is 0 Å². The van der Waals surface area contributed by atoms with Gasteiger partial charge in [0.1, 0.15) is 0 Å². The van der Waals surface area contributed by atoms with Crippen LogP contribution >= 0.6 is 24.0 Å². The fourth-order valence-corrected chi connectivity index (χ4v) is 2.67. The van der Waals surface area contributed by atoms with Crippen molar-refractivity contribution in [2.24, 2.45) is 4.99 Å². The van der Waals surface area contributed by atoms with E-state index in [0.29, 0.717) is 29.6 Å². The number of hydrogen-bond donors (Lipinski definition) is 2. The van der Waals surface area contributed by atoms with Crippen molar-refractivity contribution in [1.82, 2.24) is 10.2 Å². The summed E-state index contributed by atoms with van der Waals surface area (Å²) in [4.78, 5) is 17.9. The van der Waals surface area contributed by atoms with Gasteiger partial charge in [0.25, 0.3) is 5.91 Å². The molecule has 0 saturated carbocycles. The lowest BCUT2D eigenvalue weighted by molar-refractivity contribution is 0.0827. The minimum absolute atomic E-state index is 0. The molecule has 158 valence electrons. The molecule has 0 atom stereocenters. The number of aliphatic imine (C=N–C) groups is 1. The zero-order valence-electron chi connectivity index (χ0n) is 17.5. The second-order valence-electron chi connectivity index (χ2n) is 6.34. The van der Waals surface area contributed by atoms with Gasteiger partial charge in [0.2, 0.25) is 0 Å². The first-order valence-electron chi connectivity index (χ1n) is 8.98. The molecule has 7 nitrogen and oxygen atoms in total. The Bertz CT molecular complexity index is 840. The van der Waals surface area contributed by atoms with Crippen molar-refractivity contribution in [3.05, 3.63) is 53.6 Å². The minimum Gasteiger partial charge on any atom is -0.493 e. The molecular weight excluding hydrogens is 483 g/mol. The van der Waals surface area contributed by atoms with E-state index in [-0.39, 0.29) is 29.9 Å². The maximum absolute atomic E-state index is 12.1. The van der Waals surface area contributed by atoms with E-state index in [1.54, 1.807) is 40.3 Å². The molecule has 2 rings (SSSR count). The van der Waals surface area contributed by atoms with Crippen LogP contribution in [-0.4, -0.2) is 58.7 Å². The Morgan fingerprint density at radius 2 is 1.79 bits per heavy atom. The van der Waals surface area contributed by atoms with Crippen LogP contribution in [0.2, 0.25) is 0 Å². The van der Waals surface area contributed by atoms with E-state index in [1.807, 2.05) is 42.5 Å². The number of nitrogens with zero attached hydrogens (tertiary/aromatic N) is 2. The van der Waals surface area contributed by atoms with E-state index in [0.717, 1.165) is 17.7 Å². The maximum atomic E-state index is 12.1. The molecule has 0 saturated heterocycles. The molecule has 2 aromatic carbocycles. The van der Waals surface area contributed by atoms with Crippen LogP contribution in [-0.2, 0) is 6.42 Å². The number of ether oxygens (including phenoxy) is 2. The summed E-state index contributed by atoms with van der Waals surface area (Å²) in [5, 5.41) is 6.50. The molecule has 0 spiro atoms. The standard InChI is InChI=1S/C21H28N4O3.HI/c1-22-21(24-17-9-10-18(27-4)19(14-17)28-5)23-12-11-15-7-6-8-16(13-15)20(26)25(2)3;/h6-10,13-14H,11-12H2,1-5H3,(H2,22,23,24);1H. The van der Waals surface area contributed by atoms with Crippen molar-refractivity contribution in [2.45, 2.75) is 6.42 Å². The zero-order chi connectivity index (χ0) is 20.5. The van der Waals surface area contributed by atoms with E-state index < -0.39 is 0 Å². The van der Waals surface area contributed by atoms with Gasteiger partial charge in [0, 0.05) is 45.0 Å². The molecule has 8 heteroatoms. The molecule has 0 aromatic heterocycles. The maximum Gasteiger partial charge on any atom is 0.253 e. The number of halogens is 1. The fraction of sp³-hybridized carbons (Fsp3) is 0.333.